The van der Waals surface area contributed by atoms with E-state index in [-0.39, 0.29) is 9.79 Å². The van der Waals surface area contributed by atoms with Crippen LogP contribution in [0.25, 0.3) is 11.1 Å². The highest BCUT2D eigenvalue weighted by atomic mass is 35.5. The molecular weight excluding hydrogens is 448 g/mol. The summed E-state index contributed by atoms with van der Waals surface area (Å²) in [5.74, 6) is 0. The van der Waals surface area contributed by atoms with Crippen molar-refractivity contribution in [1.29, 1.82) is 0 Å². The maximum atomic E-state index is 11.5. The second-order valence-electron chi connectivity index (χ2n) is 6.67. The van der Waals surface area contributed by atoms with Gasteiger partial charge in [0.2, 0.25) is 0 Å². The molecule has 0 saturated heterocycles. The van der Waals surface area contributed by atoms with E-state index in [4.69, 9.17) is 16.2 Å². The third-order valence-electron chi connectivity index (χ3n) is 4.22. The fourth-order valence-electron chi connectivity index (χ4n) is 3.11. The zero-order valence-corrected chi connectivity index (χ0v) is 18.9. The van der Waals surface area contributed by atoms with E-state index in [0.29, 0.717) is 10.6 Å². The summed E-state index contributed by atoms with van der Waals surface area (Å²) < 4.78 is 61.7. The third-order valence-corrected chi connectivity index (χ3v) is 6.25. The maximum absolute atomic E-state index is 11.5. The molecule has 0 fully saturated rings. The molecule has 3 aromatic carbocycles. The summed E-state index contributed by atoms with van der Waals surface area (Å²) in [6.45, 7) is 5.88. The Morgan fingerprint density at radius 2 is 1.23 bits per heavy atom. The van der Waals surface area contributed by atoms with E-state index < -0.39 is 20.2 Å². The zero-order valence-electron chi connectivity index (χ0n) is 16.5. The van der Waals surface area contributed by atoms with Crippen LogP contribution >= 0.6 is 11.6 Å². The molecule has 0 atom stereocenters. The number of halogens is 1. The van der Waals surface area contributed by atoms with Gasteiger partial charge in [0.05, 0.1) is 4.90 Å². The van der Waals surface area contributed by atoms with E-state index in [1.54, 1.807) is 18.2 Å². The Kier molecular flexibility index (Phi) is 7.44. The van der Waals surface area contributed by atoms with Crippen molar-refractivity contribution in [1.82, 2.24) is 0 Å². The normalized spacial score (nSPS) is 11.5. The number of hydrogen-bond donors (Lipinski definition) is 2. The van der Waals surface area contributed by atoms with Gasteiger partial charge >= 0.3 is 0 Å². The average Bonchev–Trinajstić information content (AvgIpc) is 2.60. The summed E-state index contributed by atoms with van der Waals surface area (Å²) in [5, 5.41) is 0.428. The average molecular weight is 469 g/mol. The van der Waals surface area contributed by atoms with E-state index in [9.17, 15) is 21.4 Å². The Balaban J connectivity index is 0.000000248. The summed E-state index contributed by atoms with van der Waals surface area (Å²) in [6.07, 6.45) is 0. The zero-order chi connectivity index (χ0) is 22.7. The predicted molar refractivity (Wildman–Crippen MR) is 117 cm³/mol. The highest BCUT2D eigenvalue weighted by Gasteiger charge is 2.18. The molecule has 0 amide bonds. The van der Waals surface area contributed by atoms with Crippen LogP contribution in [-0.4, -0.2) is 25.9 Å². The molecule has 0 aromatic heterocycles. The van der Waals surface area contributed by atoms with Crippen molar-refractivity contribution in [3.05, 3.63) is 82.4 Å². The van der Waals surface area contributed by atoms with Crippen LogP contribution in [0.5, 0.6) is 0 Å². The minimum atomic E-state index is -4.23. The highest BCUT2D eigenvalue weighted by molar-refractivity contribution is 7.86. The molecule has 0 unspecified atom stereocenters. The van der Waals surface area contributed by atoms with Crippen molar-refractivity contribution in [3.63, 3.8) is 0 Å². The standard InChI is InChI=1S/C15H16O3S.C6H5ClO3S/c1-10-8-11(2)15(12(3)9-10)13-6-4-5-7-14(13)19(16,17)18;7-5-1-3-6(4-2-5)11(8,9)10/h4-9H,1-3H3,(H,16,17,18);1-4H,(H,8,9,10). The molecule has 0 bridgehead atoms. The molecular formula is C21H21ClO6S2. The molecule has 0 radical (unpaired) electrons. The lowest BCUT2D eigenvalue weighted by Crippen LogP contribution is -2.02. The molecule has 9 heteroatoms. The van der Waals surface area contributed by atoms with Gasteiger partial charge in [0, 0.05) is 10.6 Å². The first-order valence-electron chi connectivity index (χ1n) is 8.68. The summed E-state index contributed by atoms with van der Waals surface area (Å²) in [7, 11) is -8.30. The van der Waals surface area contributed by atoms with Gasteiger partial charge in [-0.25, -0.2) is 0 Å². The number of benzene rings is 3. The van der Waals surface area contributed by atoms with E-state index in [1.165, 1.54) is 30.3 Å². The lowest BCUT2D eigenvalue weighted by Gasteiger charge is -2.14. The molecule has 3 rings (SSSR count). The van der Waals surface area contributed by atoms with Gasteiger partial charge in [-0.2, -0.15) is 16.8 Å². The second kappa shape index (κ2) is 9.28. The molecule has 0 aliphatic heterocycles. The minimum absolute atomic E-state index is 0.0509. The predicted octanol–water partition coefficient (Wildman–Crippen LogP) is 5.11. The molecule has 6 nitrogen and oxygen atoms in total. The van der Waals surface area contributed by atoms with E-state index in [2.05, 4.69) is 0 Å². The molecule has 30 heavy (non-hydrogen) atoms. The Hall–Kier alpha value is -2.23. The molecule has 0 aliphatic rings. The van der Waals surface area contributed by atoms with Crippen LogP contribution in [0.2, 0.25) is 5.02 Å². The number of aryl methyl sites for hydroxylation is 3. The summed E-state index contributed by atoms with van der Waals surface area (Å²) in [4.78, 5) is -0.202. The first kappa shape index (κ1) is 24.0. The van der Waals surface area contributed by atoms with Crippen LogP contribution in [-0.2, 0) is 20.2 Å². The van der Waals surface area contributed by atoms with Crippen molar-refractivity contribution in [2.75, 3.05) is 0 Å². The SMILES string of the molecule is Cc1cc(C)c(-c2ccccc2S(=O)(=O)O)c(C)c1.O=S(=O)(O)c1ccc(Cl)cc1. The lowest BCUT2D eigenvalue weighted by molar-refractivity contribution is 0.481. The molecule has 160 valence electrons. The first-order chi connectivity index (χ1) is 13.8. The number of hydrogen-bond acceptors (Lipinski definition) is 4. The molecule has 0 saturated carbocycles. The monoisotopic (exact) mass is 468 g/mol. The van der Waals surface area contributed by atoms with Gasteiger partial charge in [0.25, 0.3) is 20.2 Å². The van der Waals surface area contributed by atoms with Crippen LogP contribution in [0.1, 0.15) is 16.7 Å². The quantitative estimate of drug-likeness (QED) is 0.517. The molecule has 0 heterocycles. The van der Waals surface area contributed by atoms with Gasteiger partial charge < -0.3 is 0 Å². The van der Waals surface area contributed by atoms with Crippen LogP contribution in [0, 0.1) is 20.8 Å². The van der Waals surface area contributed by atoms with Crippen molar-refractivity contribution >= 4 is 31.8 Å². The van der Waals surface area contributed by atoms with Gasteiger partial charge in [-0.1, -0.05) is 47.5 Å². The summed E-state index contributed by atoms with van der Waals surface area (Å²) in [6, 6.07) is 15.8. The fourth-order valence-corrected chi connectivity index (χ4v) is 4.41. The van der Waals surface area contributed by atoms with Crippen LogP contribution in [0.4, 0.5) is 0 Å². The Labute approximate surface area is 181 Å². The van der Waals surface area contributed by atoms with Crippen molar-refractivity contribution in [2.45, 2.75) is 30.6 Å². The number of rotatable bonds is 3. The van der Waals surface area contributed by atoms with E-state index in [0.717, 1.165) is 22.3 Å². The maximum Gasteiger partial charge on any atom is 0.295 e. The largest absolute Gasteiger partial charge is 0.295 e. The van der Waals surface area contributed by atoms with Gasteiger partial charge in [-0.15, -0.1) is 0 Å². The van der Waals surface area contributed by atoms with Gasteiger partial charge in [-0.3, -0.25) is 9.11 Å². The third kappa shape index (κ3) is 6.13. The van der Waals surface area contributed by atoms with Crippen molar-refractivity contribution < 1.29 is 25.9 Å². The Morgan fingerprint density at radius 1 is 0.733 bits per heavy atom. The Bertz CT molecular complexity index is 1240. The second-order valence-corrected chi connectivity index (χ2v) is 9.92. The lowest BCUT2D eigenvalue weighted by atomic mass is 9.94. The summed E-state index contributed by atoms with van der Waals surface area (Å²) >= 11 is 5.49. The minimum Gasteiger partial charge on any atom is -0.282 e. The van der Waals surface area contributed by atoms with Crippen LogP contribution in [0.3, 0.4) is 0 Å². The highest BCUT2D eigenvalue weighted by Crippen LogP contribution is 2.33. The van der Waals surface area contributed by atoms with Crippen molar-refractivity contribution in [2.24, 2.45) is 0 Å². The topological polar surface area (TPSA) is 109 Å². The van der Waals surface area contributed by atoms with Crippen molar-refractivity contribution in [3.8, 4) is 11.1 Å². The molecule has 0 aliphatic carbocycles. The molecule has 2 N–H and O–H groups in total. The smallest absolute Gasteiger partial charge is 0.282 e. The van der Waals surface area contributed by atoms with Gasteiger partial charge in [0.15, 0.2) is 0 Å². The first-order valence-corrected chi connectivity index (χ1v) is 11.9. The fraction of sp³-hybridized carbons (Fsp3) is 0.143. The van der Waals surface area contributed by atoms with Crippen LogP contribution in [0.15, 0.2) is 70.5 Å². The van der Waals surface area contributed by atoms with E-state index in [1.807, 2.05) is 32.9 Å². The van der Waals surface area contributed by atoms with Gasteiger partial charge in [-0.05, 0) is 67.8 Å². The molecule has 0 spiro atoms. The van der Waals surface area contributed by atoms with Crippen LogP contribution < -0.4 is 0 Å². The summed E-state index contributed by atoms with van der Waals surface area (Å²) in [5.41, 5.74) is 4.52. The van der Waals surface area contributed by atoms with E-state index >= 15 is 0 Å². The Morgan fingerprint density at radius 3 is 1.70 bits per heavy atom. The molecule has 3 aromatic rings. The van der Waals surface area contributed by atoms with Gasteiger partial charge in [0.1, 0.15) is 4.90 Å².